The van der Waals surface area contributed by atoms with Crippen molar-refractivity contribution in [2.75, 3.05) is 7.11 Å². The van der Waals surface area contributed by atoms with E-state index in [-0.39, 0.29) is 11.5 Å². The highest BCUT2D eigenvalue weighted by atomic mass is 16.5. The van der Waals surface area contributed by atoms with Gasteiger partial charge in [-0.3, -0.25) is 0 Å². The molecule has 15 heavy (non-hydrogen) atoms. The molecule has 0 fully saturated rings. The van der Waals surface area contributed by atoms with E-state index in [0.29, 0.717) is 5.56 Å². The zero-order valence-corrected chi connectivity index (χ0v) is 9.46. The molecule has 3 nitrogen and oxygen atoms in total. The first kappa shape index (κ1) is 11.6. The molecule has 1 aromatic rings. The Bertz CT molecular complexity index is 381. The molecule has 0 saturated carbocycles. The zero-order valence-electron chi connectivity index (χ0n) is 9.46. The number of carbonyl (C=O) groups is 1. The van der Waals surface area contributed by atoms with Crippen molar-refractivity contribution < 1.29 is 14.6 Å². The number of carbonyl (C=O) groups excluding carboxylic acids is 1. The van der Waals surface area contributed by atoms with Crippen molar-refractivity contribution in [3.8, 4) is 5.75 Å². The third kappa shape index (κ3) is 2.29. The van der Waals surface area contributed by atoms with Gasteiger partial charge in [-0.25, -0.2) is 0 Å². The van der Waals surface area contributed by atoms with Gasteiger partial charge in [0.25, 0.3) is 0 Å². The molecule has 0 aromatic heterocycles. The van der Waals surface area contributed by atoms with Crippen LogP contribution in [-0.2, 0) is 0 Å². The lowest BCUT2D eigenvalue weighted by Gasteiger charge is -2.16. The largest absolute Gasteiger partial charge is 0.545 e. The molecule has 0 atom stereocenters. The van der Waals surface area contributed by atoms with E-state index in [0.717, 1.165) is 11.3 Å². The average molecular weight is 207 g/mol. The van der Waals surface area contributed by atoms with Crippen LogP contribution in [0, 0.1) is 6.92 Å². The predicted octanol–water partition coefficient (Wildman–Crippen LogP) is 1.49. The van der Waals surface area contributed by atoms with Crippen LogP contribution in [0.25, 0.3) is 0 Å². The molecule has 1 rings (SSSR count). The zero-order chi connectivity index (χ0) is 11.6. The van der Waals surface area contributed by atoms with Crippen LogP contribution in [0.2, 0.25) is 0 Å². The van der Waals surface area contributed by atoms with Gasteiger partial charge in [0.05, 0.1) is 13.1 Å². The van der Waals surface area contributed by atoms with Crippen LogP contribution in [0.5, 0.6) is 5.75 Å². The maximum absolute atomic E-state index is 10.8. The van der Waals surface area contributed by atoms with Crippen LogP contribution in [0.3, 0.4) is 0 Å². The fourth-order valence-electron chi connectivity index (χ4n) is 1.55. The standard InChI is InChI=1S/C12H16O3/c1-7(2)9-6-10(12(13)14)8(3)5-11(9)15-4/h5-7H,1-4H3,(H,13,14)/p-1. The Morgan fingerprint density at radius 2 is 2.00 bits per heavy atom. The van der Waals surface area contributed by atoms with Gasteiger partial charge in [-0.1, -0.05) is 13.8 Å². The van der Waals surface area contributed by atoms with Gasteiger partial charge in [0.1, 0.15) is 5.75 Å². The Kier molecular flexibility index (Phi) is 3.35. The SMILES string of the molecule is COc1cc(C)c(C(=O)[O-])cc1C(C)C. The molecule has 0 aliphatic heterocycles. The Balaban J connectivity index is 3.37. The summed E-state index contributed by atoms with van der Waals surface area (Å²) < 4.78 is 5.21. The number of hydrogen-bond acceptors (Lipinski definition) is 3. The molecule has 0 bridgehead atoms. The molecule has 0 heterocycles. The van der Waals surface area contributed by atoms with Crippen LogP contribution in [0.1, 0.15) is 41.3 Å². The smallest absolute Gasteiger partial charge is 0.122 e. The Labute approximate surface area is 89.7 Å². The monoisotopic (exact) mass is 207 g/mol. The Morgan fingerprint density at radius 1 is 1.40 bits per heavy atom. The number of hydrogen-bond donors (Lipinski definition) is 0. The number of aryl methyl sites for hydroxylation is 1. The quantitative estimate of drug-likeness (QED) is 0.754. The lowest BCUT2D eigenvalue weighted by Crippen LogP contribution is -2.23. The number of ether oxygens (including phenoxy) is 1. The molecule has 0 aliphatic carbocycles. The van der Waals surface area contributed by atoms with Crippen LogP contribution < -0.4 is 9.84 Å². The van der Waals surface area contributed by atoms with Crippen molar-refractivity contribution >= 4 is 5.97 Å². The summed E-state index contributed by atoms with van der Waals surface area (Å²) in [5, 5.41) is 10.8. The normalized spacial score (nSPS) is 10.5. The molecule has 1 aromatic carbocycles. The molecule has 82 valence electrons. The molecule has 0 N–H and O–H groups in total. The van der Waals surface area contributed by atoms with Crippen molar-refractivity contribution in [1.82, 2.24) is 0 Å². The summed E-state index contributed by atoms with van der Waals surface area (Å²) in [7, 11) is 1.58. The van der Waals surface area contributed by atoms with Gasteiger partial charge in [0.2, 0.25) is 0 Å². The Morgan fingerprint density at radius 3 is 2.40 bits per heavy atom. The fourth-order valence-corrected chi connectivity index (χ4v) is 1.55. The van der Waals surface area contributed by atoms with E-state index in [9.17, 15) is 9.90 Å². The van der Waals surface area contributed by atoms with Gasteiger partial charge in [0.15, 0.2) is 0 Å². The van der Waals surface area contributed by atoms with Crippen molar-refractivity contribution in [3.63, 3.8) is 0 Å². The van der Waals surface area contributed by atoms with E-state index < -0.39 is 5.97 Å². The van der Waals surface area contributed by atoms with Gasteiger partial charge < -0.3 is 14.6 Å². The molecular formula is C12H15O3-. The summed E-state index contributed by atoms with van der Waals surface area (Å²) in [5.74, 6) is -0.191. The van der Waals surface area contributed by atoms with Crippen molar-refractivity contribution in [1.29, 1.82) is 0 Å². The highest BCUT2D eigenvalue weighted by Crippen LogP contribution is 2.29. The molecule has 0 spiro atoms. The van der Waals surface area contributed by atoms with E-state index >= 15 is 0 Å². The minimum absolute atomic E-state index is 0.221. The van der Waals surface area contributed by atoms with Gasteiger partial charge in [0, 0.05) is 5.56 Å². The molecule has 0 aliphatic rings. The summed E-state index contributed by atoms with van der Waals surface area (Å²) in [4.78, 5) is 10.8. The van der Waals surface area contributed by atoms with Crippen molar-refractivity contribution in [2.45, 2.75) is 26.7 Å². The third-order valence-corrected chi connectivity index (χ3v) is 2.42. The van der Waals surface area contributed by atoms with E-state index in [1.54, 1.807) is 26.2 Å². The van der Waals surface area contributed by atoms with Crippen LogP contribution in [-0.4, -0.2) is 13.1 Å². The van der Waals surface area contributed by atoms with E-state index in [4.69, 9.17) is 4.74 Å². The van der Waals surface area contributed by atoms with Crippen LogP contribution in [0.15, 0.2) is 12.1 Å². The highest BCUT2D eigenvalue weighted by Gasteiger charge is 2.11. The summed E-state index contributed by atoms with van der Waals surface area (Å²) in [6, 6.07) is 3.37. The lowest BCUT2D eigenvalue weighted by molar-refractivity contribution is -0.255. The molecular weight excluding hydrogens is 192 g/mol. The number of methoxy groups -OCH3 is 1. The molecule has 0 radical (unpaired) electrons. The van der Waals surface area contributed by atoms with E-state index in [1.807, 2.05) is 13.8 Å². The van der Waals surface area contributed by atoms with Gasteiger partial charge in [-0.2, -0.15) is 0 Å². The maximum Gasteiger partial charge on any atom is 0.122 e. The van der Waals surface area contributed by atoms with Crippen molar-refractivity contribution in [2.24, 2.45) is 0 Å². The number of carboxylic acid groups (broad SMARTS) is 1. The van der Waals surface area contributed by atoms with Gasteiger partial charge in [-0.05, 0) is 36.1 Å². The van der Waals surface area contributed by atoms with Crippen molar-refractivity contribution in [3.05, 3.63) is 28.8 Å². The number of aromatic carboxylic acids is 1. The molecule has 0 unspecified atom stereocenters. The molecule has 0 saturated heterocycles. The number of benzene rings is 1. The summed E-state index contributed by atoms with van der Waals surface area (Å²) in [6.45, 7) is 5.72. The number of carboxylic acids is 1. The first-order valence-corrected chi connectivity index (χ1v) is 4.87. The highest BCUT2D eigenvalue weighted by molar-refractivity contribution is 5.88. The first-order valence-electron chi connectivity index (χ1n) is 4.87. The predicted molar refractivity (Wildman–Crippen MR) is 56.2 cm³/mol. The van der Waals surface area contributed by atoms with E-state index in [2.05, 4.69) is 0 Å². The minimum Gasteiger partial charge on any atom is -0.545 e. The second-order valence-corrected chi connectivity index (χ2v) is 3.85. The second kappa shape index (κ2) is 4.34. The molecule has 0 amide bonds. The van der Waals surface area contributed by atoms with Crippen LogP contribution in [0.4, 0.5) is 0 Å². The van der Waals surface area contributed by atoms with Crippen LogP contribution >= 0.6 is 0 Å². The summed E-state index contributed by atoms with van der Waals surface area (Å²) in [6.07, 6.45) is 0. The third-order valence-electron chi connectivity index (χ3n) is 2.42. The minimum atomic E-state index is -1.14. The Hall–Kier alpha value is -1.51. The van der Waals surface area contributed by atoms with Gasteiger partial charge in [-0.15, -0.1) is 0 Å². The fraction of sp³-hybridized carbons (Fsp3) is 0.417. The molecule has 3 heteroatoms. The average Bonchev–Trinajstić information content (AvgIpc) is 2.16. The topological polar surface area (TPSA) is 49.4 Å². The summed E-state index contributed by atoms with van der Waals surface area (Å²) in [5.41, 5.74) is 1.79. The lowest BCUT2D eigenvalue weighted by atomic mass is 9.96. The second-order valence-electron chi connectivity index (χ2n) is 3.85. The number of rotatable bonds is 3. The summed E-state index contributed by atoms with van der Waals surface area (Å²) >= 11 is 0. The van der Waals surface area contributed by atoms with E-state index in [1.165, 1.54) is 0 Å². The van der Waals surface area contributed by atoms with Gasteiger partial charge >= 0.3 is 0 Å². The maximum atomic E-state index is 10.8. The first-order chi connectivity index (χ1) is 6.97.